The molecule has 0 spiro atoms. The van der Waals surface area contributed by atoms with Gasteiger partial charge in [0.15, 0.2) is 0 Å². The Hall–Kier alpha value is -2.71. The number of sulfonamides is 1. The van der Waals surface area contributed by atoms with Gasteiger partial charge in [0, 0.05) is 23.9 Å². The average molecular weight is 457 g/mol. The largest absolute Gasteiger partial charge is 0.468 e. The number of rotatable bonds is 8. The van der Waals surface area contributed by atoms with Crippen LogP contribution in [-0.2, 0) is 22.2 Å². The minimum Gasteiger partial charge on any atom is -0.468 e. The number of furan rings is 1. The van der Waals surface area contributed by atoms with E-state index in [0.29, 0.717) is 24.2 Å². The fourth-order valence-electron chi connectivity index (χ4n) is 3.72. The van der Waals surface area contributed by atoms with Gasteiger partial charge in [0.25, 0.3) is 15.9 Å². The molecule has 6 nitrogen and oxygen atoms in total. The lowest BCUT2D eigenvalue weighted by Gasteiger charge is -2.24. The van der Waals surface area contributed by atoms with Crippen LogP contribution in [0, 0.1) is 0 Å². The number of carbonyl (C=O) groups excluding carboxylic acids is 1. The van der Waals surface area contributed by atoms with Crippen molar-refractivity contribution in [3.63, 3.8) is 0 Å². The molecule has 162 valence electrons. The Morgan fingerprint density at radius 3 is 2.81 bits per heavy atom. The number of para-hydroxylation sites is 1. The van der Waals surface area contributed by atoms with Gasteiger partial charge >= 0.3 is 0 Å². The van der Waals surface area contributed by atoms with Crippen LogP contribution in [0.3, 0.4) is 0 Å². The molecular weight excluding hydrogens is 432 g/mol. The lowest BCUT2D eigenvalue weighted by Crippen LogP contribution is -2.36. The van der Waals surface area contributed by atoms with Gasteiger partial charge in [0.05, 0.1) is 22.6 Å². The summed E-state index contributed by atoms with van der Waals surface area (Å²) < 4.78 is 33.5. The van der Waals surface area contributed by atoms with Gasteiger partial charge in [-0.2, -0.15) is 11.8 Å². The summed E-state index contributed by atoms with van der Waals surface area (Å²) in [5.74, 6) is 2.08. The van der Waals surface area contributed by atoms with Crippen molar-refractivity contribution in [3.8, 4) is 0 Å². The zero-order chi connectivity index (χ0) is 21.8. The Balaban J connectivity index is 1.42. The van der Waals surface area contributed by atoms with Crippen LogP contribution in [0.4, 0.5) is 5.69 Å². The fourth-order valence-corrected chi connectivity index (χ4v) is 6.22. The van der Waals surface area contributed by atoms with E-state index in [9.17, 15) is 13.2 Å². The molecular formula is C23H24N2O4S2. The highest BCUT2D eigenvalue weighted by atomic mass is 32.2. The Morgan fingerprint density at radius 1 is 1.16 bits per heavy atom. The van der Waals surface area contributed by atoms with Crippen molar-refractivity contribution < 1.29 is 17.6 Å². The van der Waals surface area contributed by atoms with Crippen molar-refractivity contribution in [2.45, 2.75) is 30.0 Å². The number of hydrogen-bond acceptors (Lipinski definition) is 5. The maximum absolute atomic E-state index is 13.4. The Morgan fingerprint density at radius 2 is 2.00 bits per heavy atom. The highest BCUT2D eigenvalue weighted by molar-refractivity contribution is 7.98. The summed E-state index contributed by atoms with van der Waals surface area (Å²) in [6.45, 7) is 2.38. The molecule has 0 bridgehead atoms. The highest BCUT2D eigenvalue weighted by Gasteiger charge is 2.36. The number of nitrogens with one attached hydrogen (secondary N) is 1. The van der Waals surface area contributed by atoms with E-state index in [0.717, 1.165) is 22.8 Å². The summed E-state index contributed by atoms with van der Waals surface area (Å²) >= 11 is 1.66. The zero-order valence-electron chi connectivity index (χ0n) is 17.2. The van der Waals surface area contributed by atoms with E-state index in [1.807, 2.05) is 43.3 Å². The van der Waals surface area contributed by atoms with Crippen LogP contribution in [0.2, 0.25) is 0 Å². The van der Waals surface area contributed by atoms with Gasteiger partial charge in [0.1, 0.15) is 5.76 Å². The van der Waals surface area contributed by atoms with Crippen molar-refractivity contribution >= 4 is 33.4 Å². The van der Waals surface area contributed by atoms with E-state index in [-0.39, 0.29) is 16.8 Å². The molecule has 1 aliphatic heterocycles. The first kappa shape index (κ1) is 21.5. The molecule has 0 saturated heterocycles. The molecule has 0 fully saturated rings. The molecule has 2 aromatic carbocycles. The Labute approximate surface area is 186 Å². The normalized spacial score (nSPS) is 15.6. The quantitative estimate of drug-likeness (QED) is 0.517. The smallest absolute Gasteiger partial charge is 0.264 e. The molecule has 1 atom stereocenters. The molecule has 3 aromatic rings. The predicted molar refractivity (Wildman–Crippen MR) is 123 cm³/mol. The maximum atomic E-state index is 13.4. The summed E-state index contributed by atoms with van der Waals surface area (Å²) in [6, 6.07) is 17.4. The number of carbonyl (C=O) groups is 1. The number of anilines is 1. The molecule has 1 N–H and O–H groups in total. The van der Waals surface area contributed by atoms with Crippen LogP contribution >= 0.6 is 11.8 Å². The summed E-state index contributed by atoms with van der Waals surface area (Å²) in [7, 11) is -3.77. The molecule has 1 aromatic heterocycles. The Bertz CT molecular complexity index is 1160. The van der Waals surface area contributed by atoms with E-state index in [4.69, 9.17) is 4.42 Å². The third-order valence-corrected chi connectivity index (χ3v) is 8.06. The molecule has 0 aliphatic carbocycles. The molecule has 2 heterocycles. The fraction of sp³-hybridized carbons (Fsp3) is 0.261. The zero-order valence-corrected chi connectivity index (χ0v) is 18.8. The predicted octanol–water partition coefficient (Wildman–Crippen LogP) is 4.08. The minimum absolute atomic E-state index is 0.121. The molecule has 31 heavy (non-hydrogen) atoms. The van der Waals surface area contributed by atoms with E-state index < -0.39 is 10.0 Å². The van der Waals surface area contributed by atoms with Gasteiger partial charge in [0.2, 0.25) is 0 Å². The second-order valence-corrected chi connectivity index (χ2v) is 10.3. The van der Waals surface area contributed by atoms with E-state index in [2.05, 4.69) is 5.32 Å². The number of thioether (sulfide) groups is 1. The number of benzene rings is 2. The van der Waals surface area contributed by atoms with Crippen LogP contribution in [-0.4, -0.2) is 32.7 Å². The SMILES string of the molecule is CC1Cc2ccccc2N1S(=O)(=O)c1cccc(C(=O)NCCSCc2ccco2)c1. The van der Waals surface area contributed by atoms with Gasteiger partial charge in [-0.1, -0.05) is 24.3 Å². The second kappa shape index (κ2) is 9.20. The monoisotopic (exact) mass is 456 g/mol. The summed E-state index contributed by atoms with van der Waals surface area (Å²) in [4.78, 5) is 12.7. The first-order valence-corrected chi connectivity index (χ1v) is 12.7. The van der Waals surface area contributed by atoms with E-state index in [1.165, 1.54) is 10.4 Å². The summed E-state index contributed by atoms with van der Waals surface area (Å²) in [5, 5.41) is 2.85. The van der Waals surface area contributed by atoms with Crippen LogP contribution < -0.4 is 9.62 Å². The molecule has 4 rings (SSSR count). The van der Waals surface area contributed by atoms with Gasteiger partial charge in [-0.05, 0) is 55.3 Å². The standard InChI is InChI=1S/C23H24N2O4S2/c1-17-14-18-6-2-3-10-22(18)25(17)31(27,28)21-9-4-7-19(15-21)23(26)24-11-13-30-16-20-8-5-12-29-20/h2-10,12,15,17H,11,13-14,16H2,1H3,(H,24,26). The van der Waals surface area contributed by atoms with Gasteiger partial charge < -0.3 is 9.73 Å². The van der Waals surface area contributed by atoms with Gasteiger partial charge in [-0.15, -0.1) is 0 Å². The number of fused-ring (bicyclic) bond motifs is 1. The number of hydrogen-bond donors (Lipinski definition) is 1. The molecule has 1 unspecified atom stereocenters. The van der Waals surface area contributed by atoms with Crippen LogP contribution in [0.15, 0.2) is 76.2 Å². The Kier molecular flexibility index (Phi) is 6.38. The summed E-state index contributed by atoms with van der Waals surface area (Å²) in [5.41, 5.74) is 2.05. The summed E-state index contributed by atoms with van der Waals surface area (Å²) in [6.07, 6.45) is 2.31. The highest BCUT2D eigenvalue weighted by Crippen LogP contribution is 2.36. The lowest BCUT2D eigenvalue weighted by atomic mass is 10.1. The third kappa shape index (κ3) is 4.65. The lowest BCUT2D eigenvalue weighted by molar-refractivity contribution is 0.0956. The first-order chi connectivity index (χ1) is 15.0. The number of nitrogens with zero attached hydrogens (tertiary/aromatic N) is 1. The molecule has 0 radical (unpaired) electrons. The minimum atomic E-state index is -3.77. The van der Waals surface area contributed by atoms with Crippen molar-refractivity contribution in [2.75, 3.05) is 16.6 Å². The molecule has 8 heteroatoms. The van der Waals surface area contributed by atoms with Gasteiger partial charge in [-0.3, -0.25) is 9.10 Å². The van der Waals surface area contributed by atoms with Crippen molar-refractivity contribution in [1.29, 1.82) is 0 Å². The number of amides is 1. The van der Waals surface area contributed by atoms with E-state index in [1.54, 1.807) is 36.2 Å². The van der Waals surface area contributed by atoms with Crippen molar-refractivity contribution in [3.05, 3.63) is 83.8 Å². The third-order valence-electron chi connectivity index (χ3n) is 5.15. The van der Waals surface area contributed by atoms with E-state index >= 15 is 0 Å². The van der Waals surface area contributed by atoms with Gasteiger partial charge in [-0.25, -0.2) is 8.42 Å². The topological polar surface area (TPSA) is 79.6 Å². The van der Waals surface area contributed by atoms with Crippen molar-refractivity contribution in [1.82, 2.24) is 5.32 Å². The average Bonchev–Trinajstić information content (AvgIpc) is 3.40. The first-order valence-electron chi connectivity index (χ1n) is 10.1. The molecule has 0 saturated carbocycles. The van der Waals surface area contributed by atoms with Crippen molar-refractivity contribution in [2.24, 2.45) is 0 Å². The maximum Gasteiger partial charge on any atom is 0.264 e. The second-order valence-electron chi connectivity index (χ2n) is 7.40. The van der Waals surface area contributed by atoms with Crippen LogP contribution in [0.25, 0.3) is 0 Å². The van der Waals surface area contributed by atoms with Crippen LogP contribution in [0.5, 0.6) is 0 Å². The molecule has 1 amide bonds. The van der Waals surface area contributed by atoms with Crippen LogP contribution in [0.1, 0.15) is 28.6 Å². The molecule has 1 aliphatic rings.